The maximum absolute atomic E-state index is 11.6. The summed E-state index contributed by atoms with van der Waals surface area (Å²) in [6, 6.07) is 0.277. The van der Waals surface area contributed by atoms with Gasteiger partial charge in [-0.25, -0.2) is 0 Å². The van der Waals surface area contributed by atoms with Gasteiger partial charge in [0, 0.05) is 11.3 Å². The van der Waals surface area contributed by atoms with Gasteiger partial charge in [0.05, 0.1) is 11.5 Å². The number of carboxylic acid groups (broad SMARTS) is 1. The fourth-order valence-electron chi connectivity index (χ4n) is 1.99. The van der Waals surface area contributed by atoms with Crippen LogP contribution in [0.2, 0.25) is 0 Å². The van der Waals surface area contributed by atoms with Crippen molar-refractivity contribution >= 4 is 35.4 Å². The molecule has 0 spiro atoms. The molecule has 0 aliphatic heterocycles. The standard InChI is InChI=1S/C11H19NO3S2/c1-16-9-4-2-3-8(5-9)12-10(13)6-17-7-11(14)15/h8-9H,2-7H2,1H3,(H,12,13)(H,14,15). The summed E-state index contributed by atoms with van der Waals surface area (Å²) in [6.45, 7) is 0. The number of hydrogen-bond acceptors (Lipinski definition) is 4. The molecule has 6 heteroatoms. The first-order valence-electron chi connectivity index (χ1n) is 5.73. The number of thioether (sulfide) groups is 2. The first kappa shape index (κ1) is 14.7. The van der Waals surface area contributed by atoms with Crippen LogP contribution < -0.4 is 5.32 Å². The summed E-state index contributed by atoms with van der Waals surface area (Å²) in [4.78, 5) is 21.9. The van der Waals surface area contributed by atoms with Crippen molar-refractivity contribution in [1.82, 2.24) is 5.32 Å². The van der Waals surface area contributed by atoms with Crippen LogP contribution in [0.1, 0.15) is 25.7 Å². The number of carbonyl (C=O) groups is 2. The van der Waals surface area contributed by atoms with E-state index in [1.54, 1.807) is 0 Å². The minimum Gasteiger partial charge on any atom is -0.481 e. The monoisotopic (exact) mass is 277 g/mol. The minimum absolute atomic E-state index is 0.00841. The van der Waals surface area contributed by atoms with Crippen LogP contribution in [0.3, 0.4) is 0 Å². The molecular weight excluding hydrogens is 258 g/mol. The Morgan fingerprint density at radius 1 is 1.35 bits per heavy atom. The van der Waals surface area contributed by atoms with Gasteiger partial charge in [-0.3, -0.25) is 9.59 Å². The quantitative estimate of drug-likeness (QED) is 0.772. The fraction of sp³-hybridized carbons (Fsp3) is 0.818. The lowest BCUT2D eigenvalue weighted by atomic mass is 9.95. The van der Waals surface area contributed by atoms with Gasteiger partial charge in [-0.1, -0.05) is 6.42 Å². The summed E-state index contributed by atoms with van der Waals surface area (Å²) in [5, 5.41) is 12.1. The Kier molecular flexibility index (Phi) is 6.80. The summed E-state index contributed by atoms with van der Waals surface area (Å²) in [7, 11) is 0. The van der Waals surface area contributed by atoms with Gasteiger partial charge in [-0.15, -0.1) is 11.8 Å². The molecule has 0 aromatic heterocycles. The average Bonchev–Trinajstić information content (AvgIpc) is 2.28. The second-order valence-corrected chi connectivity index (χ2v) is 6.30. The Morgan fingerprint density at radius 2 is 2.12 bits per heavy atom. The zero-order valence-electron chi connectivity index (χ0n) is 9.98. The first-order chi connectivity index (χ1) is 8.11. The average molecular weight is 277 g/mol. The lowest BCUT2D eigenvalue weighted by Crippen LogP contribution is -2.40. The zero-order chi connectivity index (χ0) is 12.7. The molecule has 0 aromatic carbocycles. The Balaban J connectivity index is 2.19. The summed E-state index contributed by atoms with van der Waals surface area (Å²) < 4.78 is 0. The SMILES string of the molecule is CSC1CCCC(NC(=O)CSCC(=O)O)C1. The number of nitrogens with one attached hydrogen (secondary N) is 1. The molecule has 0 heterocycles. The molecule has 2 unspecified atom stereocenters. The second kappa shape index (κ2) is 7.87. The van der Waals surface area contributed by atoms with Crippen LogP contribution >= 0.6 is 23.5 Å². The van der Waals surface area contributed by atoms with E-state index in [-0.39, 0.29) is 23.5 Å². The van der Waals surface area contributed by atoms with Crippen LogP contribution in [-0.2, 0) is 9.59 Å². The normalized spacial score (nSPS) is 24.3. The Morgan fingerprint density at radius 3 is 2.76 bits per heavy atom. The van der Waals surface area contributed by atoms with E-state index in [9.17, 15) is 9.59 Å². The third kappa shape index (κ3) is 6.21. The predicted molar refractivity (Wildman–Crippen MR) is 72.7 cm³/mol. The molecule has 17 heavy (non-hydrogen) atoms. The van der Waals surface area contributed by atoms with E-state index in [1.165, 1.54) is 12.8 Å². The number of carbonyl (C=O) groups excluding carboxylic acids is 1. The third-order valence-corrected chi connectivity index (χ3v) is 4.80. The van der Waals surface area contributed by atoms with Gasteiger partial charge in [0.25, 0.3) is 0 Å². The summed E-state index contributed by atoms with van der Waals surface area (Å²) >= 11 is 3.01. The van der Waals surface area contributed by atoms with Gasteiger partial charge in [-0.2, -0.15) is 11.8 Å². The van der Waals surface area contributed by atoms with Crippen molar-refractivity contribution in [3.63, 3.8) is 0 Å². The molecule has 0 radical (unpaired) electrons. The third-order valence-electron chi connectivity index (χ3n) is 2.78. The number of carboxylic acids is 1. The van der Waals surface area contributed by atoms with Crippen LogP contribution in [0.15, 0.2) is 0 Å². The molecule has 0 aromatic rings. The number of aliphatic carboxylic acids is 1. The van der Waals surface area contributed by atoms with Gasteiger partial charge < -0.3 is 10.4 Å². The van der Waals surface area contributed by atoms with E-state index in [0.717, 1.165) is 24.6 Å². The first-order valence-corrected chi connectivity index (χ1v) is 8.17. The molecule has 0 saturated heterocycles. The van der Waals surface area contributed by atoms with Crippen molar-refractivity contribution in [3.8, 4) is 0 Å². The Labute approximate surface area is 110 Å². The van der Waals surface area contributed by atoms with E-state index < -0.39 is 5.97 Å². The summed E-state index contributed by atoms with van der Waals surface area (Å²) in [6.07, 6.45) is 6.60. The minimum atomic E-state index is -0.872. The van der Waals surface area contributed by atoms with Gasteiger partial charge in [-0.05, 0) is 25.5 Å². The molecule has 1 fully saturated rings. The molecule has 1 aliphatic rings. The smallest absolute Gasteiger partial charge is 0.313 e. The maximum atomic E-state index is 11.6. The van der Waals surface area contributed by atoms with Crippen LogP contribution in [-0.4, -0.2) is 46.0 Å². The van der Waals surface area contributed by atoms with Crippen LogP contribution in [0.25, 0.3) is 0 Å². The van der Waals surface area contributed by atoms with E-state index >= 15 is 0 Å². The highest BCUT2D eigenvalue weighted by Gasteiger charge is 2.22. The van der Waals surface area contributed by atoms with Gasteiger partial charge in [0.1, 0.15) is 0 Å². The van der Waals surface area contributed by atoms with Crippen molar-refractivity contribution in [3.05, 3.63) is 0 Å². The second-order valence-electron chi connectivity index (χ2n) is 4.18. The van der Waals surface area contributed by atoms with Gasteiger partial charge in [0.15, 0.2) is 0 Å². The fourth-order valence-corrected chi connectivity index (χ4v) is 3.36. The molecule has 1 saturated carbocycles. The van der Waals surface area contributed by atoms with Gasteiger partial charge >= 0.3 is 5.97 Å². The molecule has 1 rings (SSSR count). The van der Waals surface area contributed by atoms with Crippen molar-refractivity contribution in [1.29, 1.82) is 0 Å². The molecular formula is C11H19NO3S2. The van der Waals surface area contributed by atoms with Crippen molar-refractivity contribution in [2.24, 2.45) is 0 Å². The van der Waals surface area contributed by atoms with E-state index in [2.05, 4.69) is 11.6 Å². The molecule has 4 nitrogen and oxygen atoms in total. The highest BCUT2D eigenvalue weighted by molar-refractivity contribution is 8.00. The highest BCUT2D eigenvalue weighted by atomic mass is 32.2. The van der Waals surface area contributed by atoms with Gasteiger partial charge in [0.2, 0.25) is 5.91 Å². The molecule has 2 N–H and O–H groups in total. The molecule has 98 valence electrons. The topological polar surface area (TPSA) is 66.4 Å². The summed E-state index contributed by atoms with van der Waals surface area (Å²) in [5.41, 5.74) is 0. The Hall–Kier alpha value is -0.360. The number of rotatable bonds is 6. The molecule has 0 bridgehead atoms. The van der Waals surface area contributed by atoms with Crippen LogP contribution in [0, 0.1) is 0 Å². The Bertz CT molecular complexity index is 273. The van der Waals surface area contributed by atoms with E-state index in [0.29, 0.717) is 5.25 Å². The molecule has 1 amide bonds. The lowest BCUT2D eigenvalue weighted by molar-refractivity contribution is -0.133. The predicted octanol–water partition coefficient (Wildman–Crippen LogP) is 1.59. The van der Waals surface area contributed by atoms with Crippen LogP contribution in [0.5, 0.6) is 0 Å². The largest absolute Gasteiger partial charge is 0.481 e. The van der Waals surface area contributed by atoms with E-state index in [1.807, 2.05) is 11.8 Å². The van der Waals surface area contributed by atoms with Crippen LogP contribution in [0.4, 0.5) is 0 Å². The van der Waals surface area contributed by atoms with E-state index in [4.69, 9.17) is 5.11 Å². The molecule has 1 aliphatic carbocycles. The number of amides is 1. The zero-order valence-corrected chi connectivity index (χ0v) is 11.6. The van der Waals surface area contributed by atoms with Crippen molar-refractivity contribution < 1.29 is 14.7 Å². The maximum Gasteiger partial charge on any atom is 0.313 e. The highest BCUT2D eigenvalue weighted by Crippen LogP contribution is 2.26. The van der Waals surface area contributed by atoms with Crippen molar-refractivity contribution in [2.75, 3.05) is 17.8 Å². The number of hydrogen-bond donors (Lipinski definition) is 2. The summed E-state index contributed by atoms with van der Waals surface area (Å²) in [5.74, 6) is -0.677. The molecule has 2 atom stereocenters. The lowest BCUT2D eigenvalue weighted by Gasteiger charge is -2.28. The van der Waals surface area contributed by atoms with Crippen molar-refractivity contribution in [2.45, 2.75) is 37.0 Å².